The second kappa shape index (κ2) is 7.77. The van der Waals surface area contributed by atoms with Gasteiger partial charge in [-0.05, 0) is 18.4 Å². The van der Waals surface area contributed by atoms with Crippen molar-refractivity contribution < 1.29 is 9.59 Å². The molecule has 0 bridgehead atoms. The molecule has 1 saturated carbocycles. The number of hydrogen-bond donors (Lipinski definition) is 2. The molecule has 0 spiro atoms. The molecule has 1 aromatic carbocycles. The molecule has 1 aromatic heterocycles. The lowest BCUT2D eigenvalue weighted by Gasteiger charge is -2.20. The van der Waals surface area contributed by atoms with Gasteiger partial charge in [-0.1, -0.05) is 49.6 Å². The number of rotatable bonds is 4. The van der Waals surface area contributed by atoms with Gasteiger partial charge in [0.25, 0.3) is 5.91 Å². The molecule has 1 fully saturated rings. The predicted molar refractivity (Wildman–Crippen MR) is 90.0 cm³/mol. The minimum Gasteiger partial charge on any atom is -0.273 e. The first-order valence-electron chi connectivity index (χ1n) is 8.39. The van der Waals surface area contributed by atoms with Gasteiger partial charge in [0, 0.05) is 12.1 Å². The van der Waals surface area contributed by atoms with E-state index in [9.17, 15) is 9.59 Å². The summed E-state index contributed by atoms with van der Waals surface area (Å²) in [7, 11) is 0. The Labute approximate surface area is 141 Å². The Morgan fingerprint density at radius 1 is 1.08 bits per heavy atom. The average molecular weight is 326 g/mol. The van der Waals surface area contributed by atoms with Gasteiger partial charge < -0.3 is 0 Å². The van der Waals surface area contributed by atoms with Crippen LogP contribution in [-0.4, -0.2) is 21.6 Å². The van der Waals surface area contributed by atoms with Crippen molar-refractivity contribution in [3.8, 4) is 0 Å². The summed E-state index contributed by atoms with van der Waals surface area (Å²) in [5, 5.41) is 4.19. The SMILES string of the molecule is O=C(NNC(=O)C1CCCCC1)c1cnn(Cc2ccccc2)c1. The molecule has 126 valence electrons. The van der Waals surface area contributed by atoms with Crippen LogP contribution in [0.5, 0.6) is 0 Å². The Morgan fingerprint density at radius 2 is 1.83 bits per heavy atom. The van der Waals surface area contributed by atoms with Gasteiger partial charge in [0.15, 0.2) is 0 Å². The number of nitrogens with one attached hydrogen (secondary N) is 2. The second-order valence-corrected chi connectivity index (χ2v) is 6.19. The van der Waals surface area contributed by atoms with Crippen molar-refractivity contribution in [1.29, 1.82) is 0 Å². The molecule has 3 rings (SSSR count). The molecule has 0 aliphatic heterocycles. The third-order valence-electron chi connectivity index (χ3n) is 4.36. The number of hydrazine groups is 1. The van der Waals surface area contributed by atoms with E-state index in [1.165, 1.54) is 12.6 Å². The summed E-state index contributed by atoms with van der Waals surface area (Å²) in [6.45, 7) is 0.600. The highest BCUT2D eigenvalue weighted by Gasteiger charge is 2.21. The number of aromatic nitrogens is 2. The zero-order chi connectivity index (χ0) is 16.8. The molecule has 6 heteroatoms. The van der Waals surface area contributed by atoms with Crippen molar-refractivity contribution >= 4 is 11.8 Å². The predicted octanol–water partition coefficient (Wildman–Crippen LogP) is 2.27. The van der Waals surface area contributed by atoms with E-state index in [1.807, 2.05) is 30.3 Å². The van der Waals surface area contributed by atoms with E-state index in [-0.39, 0.29) is 17.7 Å². The third-order valence-corrected chi connectivity index (χ3v) is 4.36. The zero-order valence-electron chi connectivity index (χ0n) is 13.6. The molecule has 2 N–H and O–H groups in total. The van der Waals surface area contributed by atoms with E-state index in [0.29, 0.717) is 12.1 Å². The van der Waals surface area contributed by atoms with Gasteiger partial charge in [0.1, 0.15) is 0 Å². The van der Waals surface area contributed by atoms with Gasteiger partial charge in [-0.3, -0.25) is 25.1 Å². The number of benzene rings is 1. The van der Waals surface area contributed by atoms with Gasteiger partial charge >= 0.3 is 0 Å². The Hall–Kier alpha value is -2.63. The second-order valence-electron chi connectivity index (χ2n) is 6.19. The molecule has 1 heterocycles. The maximum Gasteiger partial charge on any atom is 0.272 e. The van der Waals surface area contributed by atoms with Crippen molar-refractivity contribution in [2.75, 3.05) is 0 Å². The monoisotopic (exact) mass is 326 g/mol. The summed E-state index contributed by atoms with van der Waals surface area (Å²) >= 11 is 0. The summed E-state index contributed by atoms with van der Waals surface area (Å²) < 4.78 is 1.70. The summed E-state index contributed by atoms with van der Waals surface area (Å²) in [5.74, 6) is -0.432. The Bertz CT molecular complexity index is 690. The Kier molecular flexibility index (Phi) is 5.25. The minimum absolute atomic E-state index is 0.0138. The first-order valence-corrected chi connectivity index (χ1v) is 8.39. The van der Waals surface area contributed by atoms with E-state index in [1.54, 1.807) is 10.9 Å². The lowest BCUT2D eigenvalue weighted by Crippen LogP contribution is -2.44. The quantitative estimate of drug-likeness (QED) is 0.846. The van der Waals surface area contributed by atoms with Gasteiger partial charge in [0.2, 0.25) is 5.91 Å². The molecule has 24 heavy (non-hydrogen) atoms. The minimum atomic E-state index is -0.349. The van der Waals surface area contributed by atoms with Crippen LogP contribution in [0.2, 0.25) is 0 Å². The molecule has 0 atom stereocenters. The smallest absolute Gasteiger partial charge is 0.272 e. The fraction of sp³-hybridized carbons (Fsp3) is 0.389. The highest BCUT2D eigenvalue weighted by atomic mass is 16.2. The standard InChI is InChI=1S/C18H22N4O2/c23-17(15-9-5-2-6-10-15)20-21-18(24)16-11-19-22(13-16)12-14-7-3-1-4-8-14/h1,3-4,7-8,11,13,15H,2,5-6,9-10,12H2,(H,20,23)(H,21,24). The Morgan fingerprint density at radius 3 is 2.58 bits per heavy atom. The van der Waals surface area contributed by atoms with E-state index in [4.69, 9.17) is 0 Å². The Balaban J connectivity index is 1.51. The first kappa shape index (κ1) is 16.2. The number of carbonyl (C=O) groups is 2. The fourth-order valence-corrected chi connectivity index (χ4v) is 3.00. The van der Waals surface area contributed by atoms with Crippen LogP contribution in [0.1, 0.15) is 48.0 Å². The average Bonchev–Trinajstić information content (AvgIpc) is 3.09. The first-order chi connectivity index (χ1) is 11.7. The van der Waals surface area contributed by atoms with Crippen LogP contribution in [0.15, 0.2) is 42.7 Å². The maximum atomic E-state index is 12.1. The molecule has 0 radical (unpaired) electrons. The summed E-state index contributed by atoms with van der Waals surface area (Å²) in [5.41, 5.74) is 6.55. The van der Waals surface area contributed by atoms with Crippen LogP contribution < -0.4 is 10.9 Å². The third kappa shape index (κ3) is 4.22. The molecular weight excluding hydrogens is 304 g/mol. The lowest BCUT2D eigenvalue weighted by molar-refractivity contribution is -0.126. The number of carbonyl (C=O) groups excluding carboxylic acids is 2. The van der Waals surface area contributed by atoms with Crippen LogP contribution in [0.25, 0.3) is 0 Å². The van der Waals surface area contributed by atoms with Gasteiger partial charge in [-0.15, -0.1) is 0 Å². The van der Waals surface area contributed by atoms with Crippen LogP contribution in [0.3, 0.4) is 0 Å². The lowest BCUT2D eigenvalue weighted by atomic mass is 9.89. The van der Waals surface area contributed by atoms with E-state index >= 15 is 0 Å². The summed E-state index contributed by atoms with van der Waals surface area (Å²) in [6.07, 6.45) is 8.33. The highest BCUT2D eigenvalue weighted by Crippen LogP contribution is 2.23. The molecule has 2 aromatic rings. The van der Waals surface area contributed by atoms with Crippen LogP contribution in [-0.2, 0) is 11.3 Å². The molecule has 6 nitrogen and oxygen atoms in total. The topological polar surface area (TPSA) is 76.0 Å². The van der Waals surface area contributed by atoms with Crippen LogP contribution >= 0.6 is 0 Å². The van der Waals surface area contributed by atoms with E-state index < -0.39 is 0 Å². The van der Waals surface area contributed by atoms with Crippen molar-refractivity contribution in [2.45, 2.75) is 38.6 Å². The largest absolute Gasteiger partial charge is 0.273 e. The zero-order valence-corrected chi connectivity index (χ0v) is 13.6. The highest BCUT2D eigenvalue weighted by molar-refractivity contribution is 5.95. The van der Waals surface area contributed by atoms with Crippen molar-refractivity contribution in [1.82, 2.24) is 20.6 Å². The van der Waals surface area contributed by atoms with Crippen LogP contribution in [0, 0.1) is 5.92 Å². The van der Waals surface area contributed by atoms with Crippen molar-refractivity contribution in [2.24, 2.45) is 5.92 Å². The van der Waals surface area contributed by atoms with Gasteiger partial charge in [-0.2, -0.15) is 5.10 Å². The van der Waals surface area contributed by atoms with Crippen molar-refractivity contribution in [3.63, 3.8) is 0 Å². The van der Waals surface area contributed by atoms with Crippen molar-refractivity contribution in [3.05, 3.63) is 53.9 Å². The van der Waals surface area contributed by atoms with Gasteiger partial charge in [-0.25, -0.2) is 0 Å². The fourth-order valence-electron chi connectivity index (χ4n) is 3.00. The van der Waals surface area contributed by atoms with Gasteiger partial charge in [0.05, 0.1) is 18.3 Å². The molecular formula is C18H22N4O2. The van der Waals surface area contributed by atoms with E-state index in [2.05, 4.69) is 16.0 Å². The molecule has 0 saturated heterocycles. The molecule has 1 aliphatic rings. The maximum absolute atomic E-state index is 12.1. The normalized spacial score (nSPS) is 15.0. The number of amides is 2. The van der Waals surface area contributed by atoms with E-state index in [0.717, 1.165) is 31.2 Å². The summed E-state index contributed by atoms with van der Waals surface area (Å²) in [4.78, 5) is 24.2. The summed E-state index contributed by atoms with van der Waals surface area (Å²) in [6, 6.07) is 9.90. The number of hydrogen-bond acceptors (Lipinski definition) is 3. The molecule has 1 aliphatic carbocycles. The number of nitrogens with zero attached hydrogens (tertiary/aromatic N) is 2. The van der Waals surface area contributed by atoms with Crippen LogP contribution in [0.4, 0.5) is 0 Å². The molecule has 2 amide bonds. The molecule has 0 unspecified atom stereocenters.